The molecule has 0 aromatic carbocycles. The summed E-state index contributed by atoms with van der Waals surface area (Å²) in [4.78, 5) is 14.3. The maximum atomic E-state index is 12.0. The molecule has 2 N–H and O–H groups in total. The number of amides is 1. The third kappa shape index (κ3) is 4.55. The van der Waals surface area contributed by atoms with E-state index in [0.29, 0.717) is 0 Å². The van der Waals surface area contributed by atoms with Gasteiger partial charge in [0.15, 0.2) is 0 Å². The summed E-state index contributed by atoms with van der Waals surface area (Å²) in [5.41, 5.74) is 0. The van der Waals surface area contributed by atoms with E-state index < -0.39 is 0 Å². The molecule has 1 fully saturated rings. The summed E-state index contributed by atoms with van der Waals surface area (Å²) in [6.45, 7) is 10.0. The number of rotatable bonds is 7. The van der Waals surface area contributed by atoms with Gasteiger partial charge in [-0.3, -0.25) is 4.79 Å². The minimum atomic E-state index is -0.103. The number of likely N-dealkylation sites (N-methyl/N-ethyl adjacent to an activating group) is 1. The summed E-state index contributed by atoms with van der Waals surface area (Å²) >= 11 is 0. The van der Waals surface area contributed by atoms with Crippen LogP contribution in [0.4, 0.5) is 0 Å². The van der Waals surface area contributed by atoms with Crippen molar-refractivity contribution in [3.8, 4) is 0 Å². The maximum Gasteiger partial charge on any atom is 0.237 e. The van der Waals surface area contributed by atoms with E-state index in [1.807, 2.05) is 0 Å². The van der Waals surface area contributed by atoms with Gasteiger partial charge in [-0.05, 0) is 26.4 Å². The van der Waals surface area contributed by atoms with Gasteiger partial charge in [0, 0.05) is 26.2 Å². The summed E-state index contributed by atoms with van der Waals surface area (Å²) in [5, 5.41) is 6.26. The lowest BCUT2D eigenvalue weighted by Crippen LogP contribution is -2.48. The number of nitrogens with zero attached hydrogens (tertiary/aromatic N) is 1. The van der Waals surface area contributed by atoms with Gasteiger partial charge in [-0.1, -0.05) is 13.8 Å². The average molecular weight is 257 g/mol. The predicted molar refractivity (Wildman–Crippen MR) is 72.6 cm³/mol. The molecule has 5 heteroatoms. The van der Waals surface area contributed by atoms with Crippen LogP contribution >= 0.6 is 0 Å². The molecule has 0 saturated carbocycles. The van der Waals surface area contributed by atoms with E-state index in [-0.39, 0.29) is 24.1 Å². The van der Waals surface area contributed by atoms with Crippen molar-refractivity contribution in [1.29, 1.82) is 0 Å². The fraction of sp³-hybridized carbons (Fsp3) is 0.923. The molecule has 1 amide bonds. The molecular formula is C13H27N3O2. The maximum absolute atomic E-state index is 12.0. The number of hydrogen-bond donors (Lipinski definition) is 2. The van der Waals surface area contributed by atoms with Crippen molar-refractivity contribution in [2.75, 3.05) is 33.3 Å². The lowest BCUT2D eigenvalue weighted by Gasteiger charge is -2.24. The number of carbonyl (C=O) groups excluding carboxylic acids is 1. The fourth-order valence-corrected chi connectivity index (χ4v) is 2.34. The van der Waals surface area contributed by atoms with Crippen molar-refractivity contribution < 1.29 is 9.53 Å². The van der Waals surface area contributed by atoms with Crippen molar-refractivity contribution in [2.45, 2.75) is 45.4 Å². The highest BCUT2D eigenvalue weighted by Crippen LogP contribution is 2.09. The molecule has 0 bridgehead atoms. The predicted octanol–water partition coefficient (Wildman–Crippen LogP) is 0.210. The van der Waals surface area contributed by atoms with Crippen LogP contribution in [0.5, 0.6) is 0 Å². The van der Waals surface area contributed by atoms with Crippen LogP contribution in [-0.2, 0) is 9.53 Å². The molecule has 1 heterocycles. The molecule has 0 spiro atoms. The summed E-state index contributed by atoms with van der Waals surface area (Å²) in [6.07, 6.45) is 0.930. The number of ether oxygens (including phenoxy) is 1. The molecule has 106 valence electrons. The molecule has 0 aliphatic carbocycles. The Morgan fingerprint density at radius 1 is 1.50 bits per heavy atom. The lowest BCUT2D eigenvalue weighted by atomic mass is 10.2. The largest absolute Gasteiger partial charge is 0.380 e. The van der Waals surface area contributed by atoms with Crippen molar-refractivity contribution in [3.63, 3.8) is 0 Å². The summed E-state index contributed by atoms with van der Waals surface area (Å²) in [7, 11) is 1.69. The fourth-order valence-electron chi connectivity index (χ4n) is 2.34. The first-order valence-electron chi connectivity index (χ1n) is 6.89. The van der Waals surface area contributed by atoms with E-state index in [2.05, 4.69) is 36.3 Å². The van der Waals surface area contributed by atoms with Gasteiger partial charge in [-0.2, -0.15) is 0 Å². The Morgan fingerprint density at radius 2 is 2.17 bits per heavy atom. The third-order valence-electron chi connectivity index (χ3n) is 3.56. The third-order valence-corrected chi connectivity index (χ3v) is 3.56. The van der Waals surface area contributed by atoms with Crippen LogP contribution in [-0.4, -0.2) is 62.3 Å². The standard InChI is InChI=1S/C13H27N3O2/c1-5-16(6-2)9-10(3)15-13(17)12-7-11(18-4)8-14-12/h10-12,14H,5-9H2,1-4H3,(H,15,17). The molecule has 3 atom stereocenters. The second kappa shape index (κ2) is 7.71. The molecule has 0 aromatic rings. The van der Waals surface area contributed by atoms with E-state index in [1.165, 1.54) is 0 Å². The van der Waals surface area contributed by atoms with E-state index in [0.717, 1.165) is 32.6 Å². The summed E-state index contributed by atoms with van der Waals surface area (Å²) < 4.78 is 5.25. The van der Waals surface area contributed by atoms with E-state index in [1.54, 1.807) is 7.11 Å². The van der Waals surface area contributed by atoms with Gasteiger partial charge in [0.05, 0.1) is 12.1 Å². The van der Waals surface area contributed by atoms with Crippen LogP contribution in [0.3, 0.4) is 0 Å². The second-order valence-electron chi connectivity index (χ2n) is 4.95. The molecule has 18 heavy (non-hydrogen) atoms. The smallest absolute Gasteiger partial charge is 0.237 e. The number of nitrogens with one attached hydrogen (secondary N) is 2. The molecule has 3 unspecified atom stereocenters. The van der Waals surface area contributed by atoms with Gasteiger partial charge in [-0.25, -0.2) is 0 Å². The molecule has 1 aliphatic heterocycles. The molecule has 0 radical (unpaired) electrons. The van der Waals surface area contributed by atoms with Crippen molar-refractivity contribution in [2.24, 2.45) is 0 Å². The summed E-state index contributed by atoms with van der Waals surface area (Å²) in [5.74, 6) is 0.0919. The molecule has 1 saturated heterocycles. The number of carbonyl (C=O) groups is 1. The van der Waals surface area contributed by atoms with Crippen LogP contribution in [0.2, 0.25) is 0 Å². The minimum absolute atomic E-state index is 0.0919. The van der Waals surface area contributed by atoms with Crippen LogP contribution in [0.15, 0.2) is 0 Å². The molecule has 1 rings (SSSR count). The normalized spacial score (nSPS) is 25.4. The van der Waals surface area contributed by atoms with Crippen LogP contribution in [0.1, 0.15) is 27.2 Å². The van der Waals surface area contributed by atoms with Gasteiger partial charge >= 0.3 is 0 Å². The van der Waals surface area contributed by atoms with Gasteiger partial charge in [-0.15, -0.1) is 0 Å². The highest BCUT2D eigenvalue weighted by molar-refractivity contribution is 5.82. The zero-order valence-electron chi connectivity index (χ0n) is 12.0. The van der Waals surface area contributed by atoms with Crippen molar-refractivity contribution in [3.05, 3.63) is 0 Å². The molecule has 0 aromatic heterocycles. The quantitative estimate of drug-likeness (QED) is 0.684. The first-order valence-corrected chi connectivity index (χ1v) is 6.89. The first kappa shape index (κ1) is 15.4. The zero-order chi connectivity index (χ0) is 13.5. The number of methoxy groups -OCH3 is 1. The average Bonchev–Trinajstić information content (AvgIpc) is 2.84. The van der Waals surface area contributed by atoms with Gasteiger partial charge in [0.1, 0.15) is 0 Å². The minimum Gasteiger partial charge on any atom is -0.380 e. The second-order valence-corrected chi connectivity index (χ2v) is 4.95. The van der Waals surface area contributed by atoms with E-state index in [4.69, 9.17) is 4.74 Å². The Kier molecular flexibility index (Phi) is 6.60. The van der Waals surface area contributed by atoms with Crippen LogP contribution < -0.4 is 10.6 Å². The van der Waals surface area contributed by atoms with Crippen LogP contribution in [0.25, 0.3) is 0 Å². The van der Waals surface area contributed by atoms with E-state index in [9.17, 15) is 4.79 Å². The SMILES string of the molecule is CCN(CC)CC(C)NC(=O)C1CC(OC)CN1. The Hall–Kier alpha value is -0.650. The van der Waals surface area contributed by atoms with Crippen LogP contribution in [0, 0.1) is 0 Å². The molecular weight excluding hydrogens is 230 g/mol. The Morgan fingerprint density at radius 3 is 2.67 bits per heavy atom. The Balaban J connectivity index is 2.31. The van der Waals surface area contributed by atoms with Gasteiger partial charge in [0.25, 0.3) is 0 Å². The molecule has 5 nitrogen and oxygen atoms in total. The Labute approximate surface area is 110 Å². The summed E-state index contributed by atoms with van der Waals surface area (Å²) in [6, 6.07) is 0.0786. The Bertz CT molecular complexity index is 257. The van der Waals surface area contributed by atoms with E-state index >= 15 is 0 Å². The monoisotopic (exact) mass is 257 g/mol. The first-order chi connectivity index (χ1) is 8.60. The number of hydrogen-bond acceptors (Lipinski definition) is 4. The molecule has 1 aliphatic rings. The zero-order valence-corrected chi connectivity index (χ0v) is 12.0. The lowest BCUT2D eigenvalue weighted by molar-refractivity contribution is -0.123. The highest BCUT2D eigenvalue weighted by atomic mass is 16.5. The highest BCUT2D eigenvalue weighted by Gasteiger charge is 2.29. The van der Waals surface area contributed by atoms with Crippen molar-refractivity contribution >= 4 is 5.91 Å². The topological polar surface area (TPSA) is 53.6 Å². The van der Waals surface area contributed by atoms with Crippen molar-refractivity contribution in [1.82, 2.24) is 15.5 Å². The van der Waals surface area contributed by atoms with Gasteiger partial charge in [0.2, 0.25) is 5.91 Å². The van der Waals surface area contributed by atoms with Gasteiger partial charge < -0.3 is 20.3 Å².